The maximum absolute atomic E-state index is 6.05. The Morgan fingerprint density at radius 3 is 2.62 bits per heavy atom. The predicted molar refractivity (Wildman–Crippen MR) is 109 cm³/mol. The zero-order chi connectivity index (χ0) is 17.9. The average Bonchev–Trinajstić information content (AvgIpc) is 2.56. The van der Waals surface area contributed by atoms with Crippen molar-refractivity contribution in [3.8, 4) is 0 Å². The molecular formula is C19H26Cl2N4O. The van der Waals surface area contributed by atoms with Crippen molar-refractivity contribution in [2.45, 2.75) is 32.7 Å². The van der Waals surface area contributed by atoms with Crippen molar-refractivity contribution in [1.29, 1.82) is 0 Å². The molecule has 3 rings (SSSR count). The van der Waals surface area contributed by atoms with Gasteiger partial charge in [0.2, 0.25) is 5.95 Å². The van der Waals surface area contributed by atoms with E-state index in [1.165, 1.54) is 5.56 Å². The van der Waals surface area contributed by atoms with Crippen LogP contribution in [0.2, 0.25) is 5.02 Å². The van der Waals surface area contributed by atoms with Crippen LogP contribution in [0.4, 0.5) is 11.6 Å². The first-order valence-corrected chi connectivity index (χ1v) is 8.99. The number of rotatable bonds is 4. The summed E-state index contributed by atoms with van der Waals surface area (Å²) in [7, 11) is 0. The molecule has 26 heavy (non-hydrogen) atoms. The molecule has 0 radical (unpaired) electrons. The summed E-state index contributed by atoms with van der Waals surface area (Å²) in [5.74, 6) is 0.595. The number of hydrogen-bond acceptors (Lipinski definition) is 5. The smallest absolute Gasteiger partial charge is 0.227 e. The molecule has 0 bridgehead atoms. The topological polar surface area (TPSA) is 50.3 Å². The number of morpholine rings is 1. The minimum absolute atomic E-state index is 0. The second kappa shape index (κ2) is 9.00. The van der Waals surface area contributed by atoms with Crippen LogP contribution < -0.4 is 5.32 Å². The molecule has 2 heterocycles. The number of benzene rings is 1. The Kier molecular flexibility index (Phi) is 7.24. The molecule has 1 N–H and O–H groups in total. The van der Waals surface area contributed by atoms with E-state index >= 15 is 0 Å². The van der Waals surface area contributed by atoms with Gasteiger partial charge in [0.25, 0.3) is 0 Å². The lowest BCUT2D eigenvalue weighted by Crippen LogP contribution is -2.36. The fourth-order valence-electron chi connectivity index (χ4n) is 2.93. The summed E-state index contributed by atoms with van der Waals surface area (Å²) in [6, 6.07) is 7.57. The van der Waals surface area contributed by atoms with Crippen molar-refractivity contribution >= 4 is 35.6 Å². The van der Waals surface area contributed by atoms with Crippen molar-refractivity contribution in [2.24, 2.45) is 0 Å². The minimum Gasteiger partial charge on any atom is -0.379 e. The van der Waals surface area contributed by atoms with Gasteiger partial charge in [-0.25, -0.2) is 9.97 Å². The van der Waals surface area contributed by atoms with Crippen LogP contribution >= 0.6 is 24.0 Å². The number of aromatic nitrogens is 2. The lowest BCUT2D eigenvalue weighted by Gasteiger charge is -2.29. The molecule has 2 aromatic rings. The Morgan fingerprint density at radius 1 is 1.23 bits per heavy atom. The van der Waals surface area contributed by atoms with E-state index in [9.17, 15) is 0 Å². The highest BCUT2D eigenvalue weighted by Gasteiger charge is 2.23. The first-order chi connectivity index (χ1) is 11.9. The van der Waals surface area contributed by atoms with Gasteiger partial charge in [0.1, 0.15) is 0 Å². The van der Waals surface area contributed by atoms with Crippen molar-refractivity contribution in [1.82, 2.24) is 14.9 Å². The Morgan fingerprint density at radius 2 is 1.96 bits per heavy atom. The van der Waals surface area contributed by atoms with E-state index in [1.54, 1.807) is 0 Å². The maximum atomic E-state index is 6.05. The van der Waals surface area contributed by atoms with Crippen LogP contribution in [0.15, 0.2) is 30.5 Å². The third-order valence-electron chi connectivity index (χ3n) is 4.15. The molecule has 1 fully saturated rings. The van der Waals surface area contributed by atoms with Gasteiger partial charge in [-0.1, -0.05) is 38.4 Å². The van der Waals surface area contributed by atoms with E-state index in [-0.39, 0.29) is 17.8 Å². The highest BCUT2D eigenvalue weighted by atomic mass is 35.5. The molecular weight excluding hydrogens is 371 g/mol. The van der Waals surface area contributed by atoms with Crippen molar-refractivity contribution in [3.63, 3.8) is 0 Å². The number of nitrogens with one attached hydrogen (secondary N) is 1. The molecule has 1 aliphatic heterocycles. The van der Waals surface area contributed by atoms with Gasteiger partial charge in [-0.15, -0.1) is 12.4 Å². The van der Waals surface area contributed by atoms with Crippen LogP contribution in [0.25, 0.3) is 0 Å². The molecule has 1 aliphatic rings. The zero-order valence-electron chi connectivity index (χ0n) is 15.5. The largest absolute Gasteiger partial charge is 0.379 e. The van der Waals surface area contributed by atoms with E-state index in [0.29, 0.717) is 11.0 Å². The Hall–Kier alpha value is -1.40. The molecule has 7 heteroatoms. The summed E-state index contributed by atoms with van der Waals surface area (Å²) in [4.78, 5) is 11.7. The van der Waals surface area contributed by atoms with Crippen LogP contribution in [0.1, 0.15) is 32.0 Å². The first kappa shape index (κ1) is 20.9. The summed E-state index contributed by atoms with van der Waals surface area (Å²) >= 11 is 6.05. The number of nitrogens with zero attached hydrogens (tertiary/aromatic N) is 3. The van der Waals surface area contributed by atoms with Crippen LogP contribution in [0, 0.1) is 0 Å². The minimum atomic E-state index is -0.0602. The molecule has 142 valence electrons. The van der Waals surface area contributed by atoms with Crippen molar-refractivity contribution in [3.05, 3.63) is 46.7 Å². The zero-order valence-corrected chi connectivity index (χ0v) is 17.0. The Balaban J connectivity index is 0.00000243. The summed E-state index contributed by atoms with van der Waals surface area (Å²) in [5, 5.41) is 3.93. The van der Waals surface area contributed by atoms with E-state index in [4.69, 9.17) is 21.3 Å². The van der Waals surface area contributed by atoms with Gasteiger partial charge in [0, 0.05) is 47.5 Å². The van der Waals surface area contributed by atoms with E-state index in [1.807, 2.05) is 30.5 Å². The van der Waals surface area contributed by atoms with Gasteiger partial charge in [0.15, 0.2) is 0 Å². The van der Waals surface area contributed by atoms with Gasteiger partial charge >= 0.3 is 0 Å². The summed E-state index contributed by atoms with van der Waals surface area (Å²) in [6.45, 7) is 10.9. The van der Waals surface area contributed by atoms with Gasteiger partial charge in [-0.3, -0.25) is 4.90 Å². The second-order valence-corrected chi connectivity index (χ2v) is 7.78. The highest BCUT2D eigenvalue weighted by Crippen LogP contribution is 2.27. The molecule has 1 aromatic heterocycles. The number of halogens is 2. The van der Waals surface area contributed by atoms with E-state index in [0.717, 1.165) is 44.2 Å². The van der Waals surface area contributed by atoms with Gasteiger partial charge in [0.05, 0.1) is 18.9 Å². The fraction of sp³-hybridized carbons (Fsp3) is 0.474. The maximum Gasteiger partial charge on any atom is 0.227 e. The lowest BCUT2D eigenvalue weighted by atomic mass is 9.88. The van der Waals surface area contributed by atoms with Crippen LogP contribution in [-0.4, -0.2) is 41.2 Å². The number of ether oxygens (including phenoxy) is 1. The Labute approximate surface area is 166 Å². The molecule has 0 aliphatic carbocycles. The molecule has 1 saturated heterocycles. The first-order valence-electron chi connectivity index (χ1n) is 8.61. The van der Waals surface area contributed by atoms with E-state index < -0.39 is 0 Å². The molecule has 0 saturated carbocycles. The third-order valence-corrected chi connectivity index (χ3v) is 4.39. The number of hydrogen-bond donors (Lipinski definition) is 1. The SMILES string of the molecule is CC(C)(C)c1nc(Nc2cccc(Cl)c2)ncc1CN1CCOCC1.Cl. The third kappa shape index (κ3) is 5.55. The lowest BCUT2D eigenvalue weighted by molar-refractivity contribution is 0.0338. The summed E-state index contributed by atoms with van der Waals surface area (Å²) in [6.07, 6.45) is 1.94. The second-order valence-electron chi connectivity index (χ2n) is 7.34. The molecule has 0 atom stereocenters. The normalized spacial score (nSPS) is 15.4. The molecule has 0 spiro atoms. The van der Waals surface area contributed by atoms with Gasteiger partial charge in [-0.05, 0) is 18.2 Å². The molecule has 0 unspecified atom stereocenters. The predicted octanol–water partition coefficient (Wildman–Crippen LogP) is 4.43. The molecule has 5 nitrogen and oxygen atoms in total. The van der Waals surface area contributed by atoms with E-state index in [2.05, 4.69) is 36.0 Å². The van der Waals surface area contributed by atoms with Crippen molar-refractivity contribution in [2.75, 3.05) is 31.6 Å². The highest BCUT2D eigenvalue weighted by molar-refractivity contribution is 6.30. The monoisotopic (exact) mass is 396 g/mol. The molecule has 0 amide bonds. The quantitative estimate of drug-likeness (QED) is 0.828. The van der Waals surface area contributed by atoms with Crippen molar-refractivity contribution < 1.29 is 4.74 Å². The fourth-order valence-corrected chi connectivity index (χ4v) is 3.12. The number of anilines is 2. The van der Waals surface area contributed by atoms with Crippen LogP contribution in [0.5, 0.6) is 0 Å². The van der Waals surface area contributed by atoms with Gasteiger partial charge < -0.3 is 10.1 Å². The van der Waals surface area contributed by atoms with Gasteiger partial charge in [-0.2, -0.15) is 0 Å². The van der Waals surface area contributed by atoms with Crippen LogP contribution in [0.3, 0.4) is 0 Å². The average molecular weight is 397 g/mol. The Bertz CT molecular complexity index is 728. The summed E-state index contributed by atoms with van der Waals surface area (Å²) in [5.41, 5.74) is 3.06. The standard InChI is InChI=1S/C19H25ClN4O.ClH/c1-19(2,3)17-14(13-24-7-9-25-10-8-24)12-21-18(23-17)22-16-6-4-5-15(20)11-16;/h4-6,11-12H,7-10,13H2,1-3H3,(H,21,22,23);1H. The molecule has 1 aromatic carbocycles. The van der Waals surface area contributed by atoms with Crippen LogP contribution in [-0.2, 0) is 16.7 Å². The summed E-state index contributed by atoms with van der Waals surface area (Å²) < 4.78 is 5.44.